The van der Waals surface area contributed by atoms with Crippen LogP contribution in [0.3, 0.4) is 0 Å². The van der Waals surface area contributed by atoms with Gasteiger partial charge in [0.05, 0.1) is 27.9 Å². The molecule has 6 aromatic rings. The lowest BCUT2D eigenvalue weighted by molar-refractivity contribution is 0.0691. The predicted octanol–water partition coefficient (Wildman–Crippen LogP) is 8.88. The number of benzene rings is 6. The Morgan fingerprint density at radius 1 is 0.527 bits per heavy atom. The molecule has 5 amide bonds. The molecule has 2 aliphatic heterocycles. The second-order valence-corrected chi connectivity index (χ2v) is 13.8. The summed E-state index contributed by atoms with van der Waals surface area (Å²) in [4.78, 5) is 66.1. The molecule has 0 spiro atoms. The molecule has 8 rings (SSSR count). The number of carbonyl (C=O) groups excluding carboxylic acids is 5. The lowest BCUT2D eigenvalue weighted by Crippen LogP contribution is -2.29. The highest BCUT2D eigenvalue weighted by molar-refractivity contribution is 6.34. The molecule has 55 heavy (non-hydrogen) atoms. The van der Waals surface area contributed by atoms with Crippen LogP contribution in [0, 0.1) is 0 Å². The van der Waals surface area contributed by atoms with Crippen molar-refractivity contribution in [2.24, 2.45) is 0 Å². The first kappa shape index (κ1) is 34.7. The summed E-state index contributed by atoms with van der Waals surface area (Å²) in [5, 5.41) is 2.82. The number of hydrogen-bond donors (Lipinski definition) is 1. The summed E-state index contributed by atoms with van der Waals surface area (Å²) in [5.74, 6) is 0.185. The summed E-state index contributed by atoms with van der Waals surface area (Å²) in [6, 6.07) is 40.4. The molecule has 0 fully saturated rings. The van der Waals surface area contributed by atoms with E-state index in [1.165, 1.54) is 7.05 Å². The van der Waals surface area contributed by atoms with Crippen LogP contribution in [0.15, 0.2) is 140 Å². The van der Waals surface area contributed by atoms with Gasteiger partial charge < -0.3 is 14.8 Å². The van der Waals surface area contributed by atoms with Crippen LogP contribution in [0.5, 0.6) is 23.0 Å². The molecule has 6 aromatic carbocycles. The van der Waals surface area contributed by atoms with Gasteiger partial charge in [-0.15, -0.1) is 0 Å². The van der Waals surface area contributed by atoms with Crippen LogP contribution in [0.1, 0.15) is 76.8 Å². The van der Waals surface area contributed by atoms with Gasteiger partial charge in [0.1, 0.15) is 23.0 Å². The van der Waals surface area contributed by atoms with Crippen LogP contribution in [0.4, 0.5) is 11.4 Å². The maximum Gasteiger partial charge on any atom is 0.266 e. The van der Waals surface area contributed by atoms with E-state index in [9.17, 15) is 24.0 Å². The fourth-order valence-corrected chi connectivity index (χ4v) is 6.73. The average Bonchev–Trinajstić information content (AvgIpc) is 3.57. The van der Waals surface area contributed by atoms with Gasteiger partial charge in [-0.25, -0.2) is 4.90 Å². The van der Waals surface area contributed by atoms with Crippen molar-refractivity contribution in [2.45, 2.75) is 19.3 Å². The number of anilines is 2. The van der Waals surface area contributed by atoms with Crippen molar-refractivity contribution in [3.8, 4) is 23.0 Å². The van der Waals surface area contributed by atoms with Crippen LogP contribution in [-0.2, 0) is 5.41 Å². The van der Waals surface area contributed by atoms with E-state index in [4.69, 9.17) is 9.47 Å². The average molecular weight is 728 g/mol. The summed E-state index contributed by atoms with van der Waals surface area (Å²) in [7, 11) is 1.46. The van der Waals surface area contributed by atoms with Crippen LogP contribution in [0.2, 0.25) is 0 Å². The first-order valence-electron chi connectivity index (χ1n) is 17.5. The van der Waals surface area contributed by atoms with Gasteiger partial charge in [-0.05, 0) is 108 Å². The SMILES string of the molecule is CN1C(=O)c2ccc(Oc3ccc(C(C)(C)c4ccc(Oc5ccc6c(c5)C(=O)N(c5ccc(NC(=O)c7ccccc7)cc5)C6=O)cc4)cc3)cc2C1=O. The fraction of sp³-hybridized carbons (Fsp3) is 0.0889. The molecule has 0 saturated heterocycles. The number of carbonyl (C=O) groups is 5. The molecular weight excluding hydrogens is 695 g/mol. The third-order valence-corrected chi connectivity index (χ3v) is 9.96. The monoisotopic (exact) mass is 727 g/mol. The lowest BCUT2D eigenvalue weighted by atomic mass is 9.78. The van der Waals surface area contributed by atoms with E-state index in [0.29, 0.717) is 51.1 Å². The van der Waals surface area contributed by atoms with Gasteiger partial charge in [0.25, 0.3) is 29.5 Å². The number of hydrogen-bond acceptors (Lipinski definition) is 7. The second-order valence-electron chi connectivity index (χ2n) is 13.8. The Hall–Kier alpha value is -7.33. The van der Waals surface area contributed by atoms with Gasteiger partial charge in [-0.3, -0.25) is 28.9 Å². The second kappa shape index (κ2) is 13.6. The van der Waals surface area contributed by atoms with Crippen LogP contribution in [0.25, 0.3) is 0 Å². The van der Waals surface area contributed by atoms with Gasteiger partial charge in [0.15, 0.2) is 0 Å². The third-order valence-electron chi connectivity index (χ3n) is 9.96. The fourth-order valence-electron chi connectivity index (χ4n) is 6.73. The van der Waals surface area contributed by atoms with Crippen molar-refractivity contribution in [3.05, 3.63) is 178 Å². The Balaban J connectivity index is 0.914. The topological polar surface area (TPSA) is 122 Å². The molecule has 10 heteroatoms. The number of ether oxygens (including phenoxy) is 2. The lowest BCUT2D eigenvalue weighted by Gasteiger charge is -2.26. The van der Waals surface area contributed by atoms with Gasteiger partial charge in [0, 0.05) is 23.7 Å². The molecule has 1 N–H and O–H groups in total. The molecule has 2 heterocycles. The third kappa shape index (κ3) is 6.40. The quantitative estimate of drug-likeness (QED) is 0.148. The Kier molecular flexibility index (Phi) is 8.58. The Labute approximate surface area is 316 Å². The van der Waals surface area contributed by atoms with Crippen LogP contribution < -0.4 is 19.7 Å². The Bertz CT molecular complexity index is 2530. The van der Waals surface area contributed by atoms with E-state index in [0.717, 1.165) is 20.9 Å². The molecule has 0 aromatic heterocycles. The van der Waals surface area contributed by atoms with Crippen molar-refractivity contribution in [2.75, 3.05) is 17.3 Å². The van der Waals surface area contributed by atoms with E-state index in [1.807, 2.05) is 54.6 Å². The highest BCUT2D eigenvalue weighted by Crippen LogP contribution is 2.37. The Morgan fingerprint density at radius 2 is 0.982 bits per heavy atom. The Morgan fingerprint density at radius 3 is 1.53 bits per heavy atom. The first-order valence-corrected chi connectivity index (χ1v) is 17.5. The van der Waals surface area contributed by atoms with Crippen molar-refractivity contribution in [1.82, 2.24) is 4.90 Å². The van der Waals surface area contributed by atoms with Crippen molar-refractivity contribution in [3.63, 3.8) is 0 Å². The van der Waals surface area contributed by atoms with Crippen molar-refractivity contribution in [1.29, 1.82) is 0 Å². The maximum absolute atomic E-state index is 13.5. The van der Waals surface area contributed by atoms with E-state index in [-0.39, 0.29) is 34.3 Å². The summed E-state index contributed by atoms with van der Waals surface area (Å²) < 4.78 is 12.1. The summed E-state index contributed by atoms with van der Waals surface area (Å²) in [5.41, 5.74) is 4.34. The van der Waals surface area contributed by atoms with E-state index in [1.54, 1.807) is 84.9 Å². The number of rotatable bonds is 9. The standard InChI is InChI=1S/C45H33N3O7/c1-45(2,28-9-17-32(18-10-28)54-34-21-23-36-38(25-34)42(51)47(3)41(36)50)29-11-19-33(20-12-29)55-35-22-24-37-39(26-35)44(53)48(43(37)52)31-15-13-30(14-16-31)46-40(49)27-7-5-4-6-8-27/h4-26H,1-3H3,(H,46,49). The number of nitrogens with zero attached hydrogens (tertiary/aromatic N) is 2. The van der Waals surface area contributed by atoms with E-state index in [2.05, 4.69) is 19.2 Å². The number of fused-ring (bicyclic) bond motifs is 2. The molecule has 0 saturated carbocycles. The highest BCUT2D eigenvalue weighted by Gasteiger charge is 2.37. The molecule has 0 aliphatic carbocycles. The van der Waals surface area contributed by atoms with Gasteiger partial charge in [-0.2, -0.15) is 0 Å². The molecule has 2 aliphatic rings. The number of imide groups is 2. The summed E-state index contributed by atoms with van der Waals surface area (Å²) >= 11 is 0. The molecular formula is C45H33N3O7. The van der Waals surface area contributed by atoms with Crippen molar-refractivity contribution < 1.29 is 33.4 Å². The first-order chi connectivity index (χ1) is 26.5. The highest BCUT2D eigenvalue weighted by atomic mass is 16.5. The molecule has 0 bridgehead atoms. The summed E-state index contributed by atoms with van der Waals surface area (Å²) in [6.45, 7) is 4.23. The zero-order valence-corrected chi connectivity index (χ0v) is 30.0. The minimum absolute atomic E-state index is 0.238. The predicted molar refractivity (Wildman–Crippen MR) is 206 cm³/mol. The molecule has 10 nitrogen and oxygen atoms in total. The van der Waals surface area contributed by atoms with Crippen LogP contribution >= 0.6 is 0 Å². The summed E-state index contributed by atoms with van der Waals surface area (Å²) in [6.07, 6.45) is 0. The number of nitrogens with one attached hydrogen (secondary N) is 1. The normalized spacial score (nSPS) is 13.5. The number of amides is 5. The zero-order chi connectivity index (χ0) is 38.4. The minimum atomic E-state index is -0.466. The van der Waals surface area contributed by atoms with Gasteiger partial charge >= 0.3 is 0 Å². The van der Waals surface area contributed by atoms with Gasteiger partial charge in [0.2, 0.25) is 0 Å². The van der Waals surface area contributed by atoms with Gasteiger partial charge in [-0.1, -0.05) is 56.3 Å². The van der Waals surface area contributed by atoms with Crippen LogP contribution in [-0.4, -0.2) is 41.5 Å². The van der Waals surface area contributed by atoms with E-state index >= 15 is 0 Å². The van der Waals surface area contributed by atoms with Crippen molar-refractivity contribution >= 4 is 40.9 Å². The van der Waals surface area contributed by atoms with E-state index < -0.39 is 11.8 Å². The largest absolute Gasteiger partial charge is 0.457 e. The maximum atomic E-state index is 13.5. The molecule has 270 valence electrons. The minimum Gasteiger partial charge on any atom is -0.457 e. The molecule has 0 atom stereocenters. The molecule has 0 radical (unpaired) electrons. The molecule has 0 unspecified atom stereocenters. The zero-order valence-electron chi connectivity index (χ0n) is 30.0. The smallest absolute Gasteiger partial charge is 0.266 e.